The van der Waals surface area contributed by atoms with Crippen molar-refractivity contribution in [2.24, 2.45) is 0 Å². The van der Waals surface area contributed by atoms with Crippen LogP contribution in [0.2, 0.25) is 0 Å². The molecule has 0 saturated carbocycles. The van der Waals surface area contributed by atoms with E-state index in [1.165, 1.54) is 0 Å². The summed E-state index contributed by atoms with van der Waals surface area (Å²) in [6, 6.07) is 5.61. The van der Waals surface area contributed by atoms with Gasteiger partial charge < -0.3 is 9.88 Å². The van der Waals surface area contributed by atoms with Gasteiger partial charge in [0.05, 0.1) is 0 Å². The van der Waals surface area contributed by atoms with Crippen molar-refractivity contribution in [2.75, 3.05) is 7.05 Å². The Morgan fingerprint density at radius 2 is 1.69 bits per heavy atom. The van der Waals surface area contributed by atoms with Gasteiger partial charge in [-0.15, -0.1) is 0 Å². The first-order valence-electron chi connectivity index (χ1n) is 9.14. The van der Waals surface area contributed by atoms with E-state index in [1.807, 2.05) is 73.7 Å². The lowest BCUT2D eigenvalue weighted by Crippen LogP contribution is -2.06. The normalized spacial score (nSPS) is 10.8. The summed E-state index contributed by atoms with van der Waals surface area (Å²) in [5, 5.41) is 3.05. The van der Waals surface area contributed by atoms with Crippen LogP contribution in [-0.2, 0) is 12.7 Å². The summed E-state index contributed by atoms with van der Waals surface area (Å²) in [4.78, 5) is 3.83. The van der Waals surface area contributed by atoms with Crippen molar-refractivity contribution in [1.29, 1.82) is 0 Å². The molecule has 0 atom stereocenters. The van der Waals surface area contributed by atoms with Crippen molar-refractivity contribution in [3.8, 4) is 11.4 Å². The molecule has 1 heterocycles. The Balaban J connectivity index is 0.00000146. The van der Waals surface area contributed by atoms with Crippen LogP contribution >= 0.6 is 0 Å². The molecule has 0 fully saturated rings. The highest BCUT2D eigenvalue weighted by Gasteiger charge is 2.35. The summed E-state index contributed by atoms with van der Waals surface area (Å²) in [7, 11) is 1.85. The van der Waals surface area contributed by atoms with Gasteiger partial charge in [-0.1, -0.05) is 45.9 Å². The Morgan fingerprint density at radius 3 is 2.12 bits per heavy atom. The molecule has 0 spiro atoms. The largest absolute Gasteiger partial charge is 0.434 e. The van der Waals surface area contributed by atoms with Crippen LogP contribution in [0, 0.1) is 6.92 Å². The minimum absolute atomic E-state index is 0.102. The highest BCUT2D eigenvalue weighted by molar-refractivity contribution is 5.62. The van der Waals surface area contributed by atoms with Gasteiger partial charge >= 0.3 is 6.18 Å². The van der Waals surface area contributed by atoms with Crippen LogP contribution in [0.1, 0.15) is 64.4 Å². The van der Waals surface area contributed by atoms with E-state index < -0.39 is 11.9 Å². The number of hydrogen-bond donors (Lipinski definition) is 1. The number of alkyl halides is 3. The lowest BCUT2D eigenvalue weighted by molar-refractivity contribution is -0.140. The molecule has 0 aliphatic rings. The number of nitrogens with one attached hydrogen (secondary N) is 1. The number of halogens is 3. The lowest BCUT2D eigenvalue weighted by atomic mass is 10.0. The SMILES string of the molecule is CC.CC.CNCc1ccc(-c2nc(C(F)(F)F)cn2C(C)C)c(C)c1. The first kappa shape index (κ1) is 24.2. The third-order valence-electron chi connectivity index (χ3n) is 3.49. The molecule has 6 heteroatoms. The molecule has 1 N–H and O–H groups in total. The predicted octanol–water partition coefficient (Wildman–Crippen LogP) is 6.23. The first-order chi connectivity index (χ1) is 12.2. The number of aromatic nitrogens is 2. The first-order valence-corrected chi connectivity index (χ1v) is 9.14. The van der Waals surface area contributed by atoms with Gasteiger partial charge in [-0.3, -0.25) is 0 Å². The molecular weight excluding hydrogens is 339 g/mol. The van der Waals surface area contributed by atoms with E-state index in [4.69, 9.17) is 0 Å². The molecule has 0 radical (unpaired) electrons. The average Bonchev–Trinajstić information content (AvgIpc) is 3.05. The molecule has 0 aliphatic heterocycles. The van der Waals surface area contributed by atoms with Gasteiger partial charge in [-0.05, 0) is 38.9 Å². The van der Waals surface area contributed by atoms with Gasteiger partial charge in [-0.2, -0.15) is 13.2 Å². The second kappa shape index (κ2) is 11.0. The Bertz CT molecular complexity index is 659. The molecule has 0 unspecified atom stereocenters. The van der Waals surface area contributed by atoms with Crippen molar-refractivity contribution >= 4 is 0 Å². The minimum atomic E-state index is -4.44. The van der Waals surface area contributed by atoms with E-state index in [2.05, 4.69) is 10.3 Å². The fourth-order valence-electron chi connectivity index (χ4n) is 2.41. The second-order valence-corrected chi connectivity index (χ2v) is 5.63. The Labute approximate surface area is 155 Å². The smallest absolute Gasteiger partial charge is 0.328 e. The number of hydrogen-bond acceptors (Lipinski definition) is 2. The zero-order valence-corrected chi connectivity index (χ0v) is 17.1. The summed E-state index contributed by atoms with van der Waals surface area (Å²) in [5.41, 5.74) is 1.87. The number of rotatable bonds is 4. The highest BCUT2D eigenvalue weighted by Crippen LogP contribution is 2.33. The molecule has 0 saturated heterocycles. The molecule has 2 rings (SSSR count). The maximum atomic E-state index is 12.9. The predicted molar refractivity (Wildman–Crippen MR) is 103 cm³/mol. The summed E-state index contributed by atoms with van der Waals surface area (Å²) >= 11 is 0. The molecule has 0 amide bonds. The van der Waals surface area contributed by atoms with E-state index in [1.54, 1.807) is 4.57 Å². The van der Waals surface area contributed by atoms with Crippen LogP contribution < -0.4 is 5.32 Å². The van der Waals surface area contributed by atoms with Crippen LogP contribution in [0.15, 0.2) is 24.4 Å². The van der Waals surface area contributed by atoms with Gasteiger partial charge in [0.25, 0.3) is 0 Å². The fourth-order valence-corrected chi connectivity index (χ4v) is 2.41. The molecule has 26 heavy (non-hydrogen) atoms. The van der Waals surface area contributed by atoms with Gasteiger partial charge in [0.15, 0.2) is 5.69 Å². The number of benzene rings is 1. The van der Waals surface area contributed by atoms with Crippen LogP contribution in [0.25, 0.3) is 11.4 Å². The number of imidazole rings is 1. The van der Waals surface area contributed by atoms with Crippen molar-refractivity contribution in [1.82, 2.24) is 14.9 Å². The van der Waals surface area contributed by atoms with E-state index in [0.717, 1.165) is 22.9 Å². The maximum absolute atomic E-state index is 12.9. The Morgan fingerprint density at radius 1 is 1.12 bits per heavy atom. The third kappa shape index (κ3) is 6.16. The Hall–Kier alpha value is -1.82. The van der Waals surface area contributed by atoms with E-state index >= 15 is 0 Å². The molecule has 148 valence electrons. The Kier molecular flexibility index (Phi) is 10.2. The summed E-state index contributed by atoms with van der Waals surface area (Å²) in [6.07, 6.45) is -3.35. The lowest BCUT2D eigenvalue weighted by Gasteiger charge is -2.13. The maximum Gasteiger partial charge on any atom is 0.434 e. The zero-order valence-electron chi connectivity index (χ0n) is 17.1. The van der Waals surface area contributed by atoms with E-state index in [0.29, 0.717) is 12.4 Å². The molecule has 0 bridgehead atoms. The van der Waals surface area contributed by atoms with Crippen LogP contribution in [0.3, 0.4) is 0 Å². The topological polar surface area (TPSA) is 29.9 Å². The molecule has 0 aliphatic carbocycles. The molecule has 1 aromatic carbocycles. The van der Waals surface area contributed by atoms with Gasteiger partial charge in [0.2, 0.25) is 0 Å². The molecular formula is C20H32F3N3. The van der Waals surface area contributed by atoms with Crippen LogP contribution in [-0.4, -0.2) is 16.6 Å². The van der Waals surface area contributed by atoms with Crippen molar-refractivity contribution in [3.63, 3.8) is 0 Å². The van der Waals surface area contributed by atoms with Gasteiger partial charge in [0.1, 0.15) is 5.82 Å². The quantitative estimate of drug-likeness (QED) is 0.690. The standard InChI is InChI=1S/C16H20F3N3.2C2H6/c1-10(2)22-9-14(16(17,18)19)21-15(22)13-6-5-12(8-20-4)7-11(13)3;2*1-2/h5-7,9-10,20H,8H2,1-4H3;2*1-2H3. The van der Waals surface area contributed by atoms with Gasteiger partial charge in [-0.25, -0.2) is 4.98 Å². The van der Waals surface area contributed by atoms with Crippen LogP contribution in [0.4, 0.5) is 13.2 Å². The molecule has 3 nitrogen and oxygen atoms in total. The molecule has 2 aromatic rings. The van der Waals surface area contributed by atoms with Crippen molar-refractivity contribution in [3.05, 3.63) is 41.2 Å². The second-order valence-electron chi connectivity index (χ2n) is 5.63. The average molecular weight is 371 g/mol. The highest BCUT2D eigenvalue weighted by atomic mass is 19.4. The van der Waals surface area contributed by atoms with Crippen molar-refractivity contribution in [2.45, 2.75) is 67.2 Å². The van der Waals surface area contributed by atoms with E-state index in [-0.39, 0.29) is 6.04 Å². The number of aryl methyl sites for hydroxylation is 1. The summed E-state index contributed by atoms with van der Waals surface area (Å²) < 4.78 is 40.4. The summed E-state index contributed by atoms with van der Waals surface area (Å²) in [6.45, 7) is 14.3. The fraction of sp³-hybridized carbons (Fsp3) is 0.550. The van der Waals surface area contributed by atoms with Gasteiger partial charge in [0, 0.05) is 24.3 Å². The third-order valence-corrected chi connectivity index (χ3v) is 3.49. The van der Waals surface area contributed by atoms with Crippen molar-refractivity contribution < 1.29 is 13.2 Å². The number of nitrogens with zero attached hydrogens (tertiary/aromatic N) is 2. The molecule has 1 aromatic heterocycles. The summed E-state index contributed by atoms with van der Waals surface area (Å²) in [5.74, 6) is 0.357. The minimum Gasteiger partial charge on any atom is -0.328 e. The monoisotopic (exact) mass is 371 g/mol. The van der Waals surface area contributed by atoms with Crippen LogP contribution in [0.5, 0.6) is 0 Å². The zero-order chi connectivity index (χ0) is 20.5. The van der Waals surface area contributed by atoms with E-state index in [9.17, 15) is 13.2 Å².